The molecule has 0 amide bonds. The van der Waals surface area contributed by atoms with Crippen LogP contribution in [0.2, 0.25) is 0 Å². The molecule has 0 fully saturated rings. The zero-order chi connectivity index (χ0) is 24.1. The molecule has 0 aromatic heterocycles. The van der Waals surface area contributed by atoms with Crippen LogP contribution in [0.1, 0.15) is 53.4 Å². The summed E-state index contributed by atoms with van der Waals surface area (Å²) in [6, 6.07) is 0. The van der Waals surface area contributed by atoms with Crippen molar-refractivity contribution in [1.29, 1.82) is 0 Å². The zero-order valence-electron chi connectivity index (χ0n) is 19.9. The summed E-state index contributed by atoms with van der Waals surface area (Å²) in [7, 11) is 0. The fourth-order valence-electron chi connectivity index (χ4n) is 3.41. The number of hydrogen-bond donors (Lipinski definition) is 4. The first-order valence-corrected chi connectivity index (χ1v) is 11.3. The van der Waals surface area contributed by atoms with Gasteiger partial charge in [-0.15, -0.1) is 0 Å². The summed E-state index contributed by atoms with van der Waals surface area (Å²) in [6.07, 6.45) is 21.1. The third kappa shape index (κ3) is 9.71. The van der Waals surface area contributed by atoms with Crippen LogP contribution < -0.4 is 0 Å². The summed E-state index contributed by atoms with van der Waals surface area (Å²) in [5.74, 6) is 0.0533. The van der Waals surface area contributed by atoms with Crippen molar-refractivity contribution in [2.45, 2.75) is 65.1 Å². The van der Waals surface area contributed by atoms with Crippen molar-refractivity contribution in [2.24, 2.45) is 11.8 Å². The topological polar surface area (TPSA) is 80.9 Å². The molecule has 0 heterocycles. The molecule has 4 nitrogen and oxygen atoms in total. The van der Waals surface area contributed by atoms with E-state index in [1.807, 2.05) is 6.08 Å². The highest BCUT2D eigenvalue weighted by molar-refractivity contribution is 5.30. The van der Waals surface area contributed by atoms with Gasteiger partial charge in [-0.1, -0.05) is 80.7 Å². The summed E-state index contributed by atoms with van der Waals surface area (Å²) in [5.41, 5.74) is 0.394. The lowest BCUT2D eigenvalue weighted by atomic mass is 9.83. The molecule has 0 aromatic carbocycles. The van der Waals surface area contributed by atoms with E-state index in [1.54, 1.807) is 43.4 Å². The van der Waals surface area contributed by atoms with Gasteiger partial charge in [0.15, 0.2) is 0 Å². The number of aliphatic hydroxyl groups is 4. The van der Waals surface area contributed by atoms with Crippen LogP contribution >= 0.6 is 0 Å². The van der Waals surface area contributed by atoms with Gasteiger partial charge in [-0.3, -0.25) is 0 Å². The smallest absolute Gasteiger partial charge is 0.114 e. The van der Waals surface area contributed by atoms with E-state index in [-0.39, 0.29) is 11.5 Å². The molecular weight excluding hydrogens is 400 g/mol. The van der Waals surface area contributed by atoms with E-state index in [2.05, 4.69) is 39.5 Å². The van der Waals surface area contributed by atoms with Crippen molar-refractivity contribution < 1.29 is 20.4 Å². The number of rotatable bonds is 11. The van der Waals surface area contributed by atoms with Crippen molar-refractivity contribution in [3.05, 3.63) is 96.1 Å². The Morgan fingerprint density at radius 1 is 1.28 bits per heavy atom. The molecular formula is C28H40O4. The van der Waals surface area contributed by atoms with Crippen LogP contribution in [0, 0.1) is 11.8 Å². The monoisotopic (exact) mass is 440 g/mol. The van der Waals surface area contributed by atoms with Crippen molar-refractivity contribution in [2.75, 3.05) is 0 Å². The second-order valence-corrected chi connectivity index (χ2v) is 8.80. The molecule has 0 aromatic rings. The maximum atomic E-state index is 11.0. The molecule has 0 saturated heterocycles. The minimum Gasteiger partial charge on any atom is -0.512 e. The minimum absolute atomic E-state index is 0.0362. The molecule has 1 aliphatic rings. The average Bonchev–Trinajstić information content (AvgIpc) is 2.87. The molecule has 3 atom stereocenters. The van der Waals surface area contributed by atoms with Gasteiger partial charge in [0, 0.05) is 5.57 Å². The molecule has 1 aliphatic carbocycles. The fraction of sp³-hybridized carbons (Fsp3) is 0.429. The lowest BCUT2D eigenvalue weighted by Gasteiger charge is -2.30. The average molecular weight is 441 g/mol. The van der Waals surface area contributed by atoms with Crippen LogP contribution in [0.4, 0.5) is 0 Å². The van der Waals surface area contributed by atoms with E-state index in [1.165, 1.54) is 17.7 Å². The molecule has 1 rings (SSSR count). The van der Waals surface area contributed by atoms with Gasteiger partial charge < -0.3 is 20.4 Å². The number of aliphatic hydroxyl groups excluding tert-OH is 3. The van der Waals surface area contributed by atoms with Crippen molar-refractivity contribution in [3.8, 4) is 0 Å². The fourth-order valence-corrected chi connectivity index (χ4v) is 3.41. The van der Waals surface area contributed by atoms with Crippen molar-refractivity contribution in [1.82, 2.24) is 0 Å². The SMILES string of the molecule is C=C\C(O)=C/C=C/C=C/C(C)(O)C1CC=CC(O)C(C/C=C(\C)CCC=CC(C)C)=C1O. The third-order valence-electron chi connectivity index (χ3n) is 5.44. The van der Waals surface area contributed by atoms with Gasteiger partial charge in [0.25, 0.3) is 0 Å². The van der Waals surface area contributed by atoms with Crippen LogP contribution in [-0.2, 0) is 0 Å². The summed E-state index contributed by atoms with van der Waals surface area (Å²) in [6.45, 7) is 11.5. The number of allylic oxidation sites excluding steroid dienone is 10. The Morgan fingerprint density at radius 3 is 2.66 bits per heavy atom. The van der Waals surface area contributed by atoms with Crippen molar-refractivity contribution >= 4 is 0 Å². The van der Waals surface area contributed by atoms with Gasteiger partial charge in [0.05, 0.1) is 17.6 Å². The van der Waals surface area contributed by atoms with E-state index in [9.17, 15) is 20.4 Å². The Hall–Kier alpha value is -2.56. The van der Waals surface area contributed by atoms with E-state index in [0.717, 1.165) is 12.8 Å². The highest BCUT2D eigenvalue weighted by atomic mass is 16.3. The van der Waals surface area contributed by atoms with E-state index in [0.29, 0.717) is 24.3 Å². The normalized spacial score (nSPS) is 23.0. The van der Waals surface area contributed by atoms with Gasteiger partial charge in [-0.25, -0.2) is 0 Å². The van der Waals surface area contributed by atoms with Crippen LogP contribution in [-0.4, -0.2) is 32.1 Å². The molecule has 0 spiro atoms. The lowest BCUT2D eigenvalue weighted by molar-refractivity contribution is 0.0433. The Bertz CT molecular complexity index is 816. The van der Waals surface area contributed by atoms with Gasteiger partial charge in [-0.2, -0.15) is 0 Å². The first kappa shape index (κ1) is 27.5. The largest absolute Gasteiger partial charge is 0.512 e. The Kier molecular flexibility index (Phi) is 11.8. The summed E-state index contributed by atoms with van der Waals surface area (Å²) in [4.78, 5) is 0. The third-order valence-corrected chi connectivity index (χ3v) is 5.44. The molecule has 0 saturated carbocycles. The van der Waals surface area contributed by atoms with Gasteiger partial charge in [0.1, 0.15) is 11.5 Å². The molecule has 176 valence electrons. The Morgan fingerprint density at radius 2 is 2.00 bits per heavy atom. The summed E-state index contributed by atoms with van der Waals surface area (Å²) in [5, 5.41) is 41.9. The molecule has 0 bridgehead atoms. The molecule has 0 aliphatic heterocycles. The molecule has 3 unspecified atom stereocenters. The van der Waals surface area contributed by atoms with E-state index >= 15 is 0 Å². The van der Waals surface area contributed by atoms with Gasteiger partial charge in [-0.05, 0) is 57.6 Å². The minimum atomic E-state index is -1.32. The summed E-state index contributed by atoms with van der Waals surface area (Å²) < 4.78 is 0. The predicted octanol–water partition coefficient (Wildman–Crippen LogP) is 6.56. The first-order chi connectivity index (χ1) is 15.1. The van der Waals surface area contributed by atoms with E-state index in [4.69, 9.17) is 0 Å². The highest BCUT2D eigenvalue weighted by Gasteiger charge is 2.35. The van der Waals surface area contributed by atoms with Crippen molar-refractivity contribution in [3.63, 3.8) is 0 Å². The molecule has 4 N–H and O–H groups in total. The second-order valence-electron chi connectivity index (χ2n) is 8.80. The first-order valence-electron chi connectivity index (χ1n) is 11.3. The lowest BCUT2D eigenvalue weighted by Crippen LogP contribution is -2.34. The standard InChI is InChI=1S/C28H40O4/c1-6-23(29)15-8-7-11-20-28(5,32)25-16-12-17-26(30)24(27(25)31)19-18-22(4)14-10-9-13-21(2)3/h6-9,11-13,15,17-18,20-21,25-26,29-32H,1,10,14,16,19H2,2-5H3/b8-7+,13-9?,20-11+,22-18+,23-15+. The highest BCUT2D eigenvalue weighted by Crippen LogP contribution is 2.34. The Labute approximate surface area is 193 Å². The molecule has 32 heavy (non-hydrogen) atoms. The van der Waals surface area contributed by atoms with Crippen LogP contribution in [0.3, 0.4) is 0 Å². The van der Waals surface area contributed by atoms with Crippen LogP contribution in [0.25, 0.3) is 0 Å². The maximum Gasteiger partial charge on any atom is 0.114 e. The zero-order valence-corrected chi connectivity index (χ0v) is 19.9. The van der Waals surface area contributed by atoms with Gasteiger partial charge >= 0.3 is 0 Å². The summed E-state index contributed by atoms with van der Waals surface area (Å²) >= 11 is 0. The number of hydrogen-bond acceptors (Lipinski definition) is 4. The quantitative estimate of drug-likeness (QED) is 0.167. The van der Waals surface area contributed by atoms with Crippen LogP contribution in [0.15, 0.2) is 96.1 Å². The molecule has 0 radical (unpaired) electrons. The van der Waals surface area contributed by atoms with Gasteiger partial charge in [0.2, 0.25) is 0 Å². The van der Waals surface area contributed by atoms with Crippen LogP contribution in [0.5, 0.6) is 0 Å². The predicted molar refractivity (Wildman–Crippen MR) is 134 cm³/mol. The Balaban J connectivity index is 2.97. The second kappa shape index (κ2) is 13.8. The molecule has 4 heteroatoms. The maximum absolute atomic E-state index is 11.0. The van der Waals surface area contributed by atoms with E-state index < -0.39 is 17.6 Å².